The van der Waals surface area contributed by atoms with Crippen molar-refractivity contribution in [2.45, 2.75) is 49.8 Å². The van der Waals surface area contributed by atoms with Crippen LogP contribution in [0.3, 0.4) is 0 Å². The first-order valence-electron chi connectivity index (χ1n) is 6.65. The molecule has 0 saturated carbocycles. The molecule has 0 saturated heterocycles. The summed E-state index contributed by atoms with van der Waals surface area (Å²) in [7, 11) is 0. The van der Waals surface area contributed by atoms with E-state index >= 15 is 0 Å². The maximum absolute atomic E-state index is 6.07. The number of nitrogens with two attached hydrogens (primary N) is 1. The molecule has 108 valence electrons. The molecule has 0 spiro atoms. The molecule has 2 aromatic rings. The summed E-state index contributed by atoms with van der Waals surface area (Å²) in [6.45, 7) is 6.00. The van der Waals surface area contributed by atoms with Gasteiger partial charge in [-0.05, 0) is 56.1 Å². The summed E-state index contributed by atoms with van der Waals surface area (Å²) in [6.07, 6.45) is 1.84. The molecule has 2 rings (SSSR count). The van der Waals surface area contributed by atoms with Crippen LogP contribution in [0.5, 0.6) is 0 Å². The lowest BCUT2D eigenvalue weighted by Gasteiger charge is -2.12. The van der Waals surface area contributed by atoms with Crippen molar-refractivity contribution in [1.29, 1.82) is 0 Å². The zero-order valence-electron chi connectivity index (χ0n) is 11.9. The SMILES string of the molecule is CCC(N)Cc1ccc(Br)cc1Sc1nc(C)c(C)o1. The fourth-order valence-electron chi connectivity index (χ4n) is 1.80. The fourth-order valence-corrected chi connectivity index (χ4v) is 3.32. The molecule has 20 heavy (non-hydrogen) atoms. The van der Waals surface area contributed by atoms with Gasteiger partial charge in [-0.1, -0.05) is 28.9 Å². The van der Waals surface area contributed by atoms with Crippen molar-refractivity contribution in [2.24, 2.45) is 5.73 Å². The predicted molar refractivity (Wildman–Crippen MR) is 86.2 cm³/mol. The molecular formula is C15H19BrN2OS. The minimum absolute atomic E-state index is 0.184. The van der Waals surface area contributed by atoms with Gasteiger partial charge in [-0.3, -0.25) is 0 Å². The van der Waals surface area contributed by atoms with Crippen molar-refractivity contribution >= 4 is 27.7 Å². The molecule has 0 bridgehead atoms. The monoisotopic (exact) mass is 354 g/mol. The number of hydrogen-bond acceptors (Lipinski definition) is 4. The largest absolute Gasteiger partial charge is 0.436 e. The number of nitrogens with zero attached hydrogens (tertiary/aromatic N) is 1. The van der Waals surface area contributed by atoms with E-state index < -0.39 is 0 Å². The Morgan fingerprint density at radius 2 is 2.15 bits per heavy atom. The summed E-state index contributed by atoms with van der Waals surface area (Å²) in [4.78, 5) is 5.57. The van der Waals surface area contributed by atoms with Crippen LogP contribution < -0.4 is 5.73 Å². The van der Waals surface area contributed by atoms with E-state index in [-0.39, 0.29) is 6.04 Å². The van der Waals surface area contributed by atoms with Crippen LogP contribution in [0.1, 0.15) is 30.4 Å². The van der Waals surface area contributed by atoms with Crippen LogP contribution in [0, 0.1) is 13.8 Å². The van der Waals surface area contributed by atoms with E-state index in [9.17, 15) is 0 Å². The van der Waals surface area contributed by atoms with Crippen LogP contribution in [0.4, 0.5) is 0 Å². The van der Waals surface area contributed by atoms with Gasteiger partial charge < -0.3 is 10.2 Å². The second-order valence-corrected chi connectivity index (χ2v) is 6.76. The fraction of sp³-hybridized carbons (Fsp3) is 0.400. The quantitative estimate of drug-likeness (QED) is 0.859. The normalized spacial score (nSPS) is 12.7. The molecule has 0 aliphatic rings. The van der Waals surface area contributed by atoms with Crippen LogP contribution in [-0.4, -0.2) is 11.0 Å². The minimum Gasteiger partial charge on any atom is -0.436 e. The zero-order valence-corrected chi connectivity index (χ0v) is 14.3. The highest BCUT2D eigenvalue weighted by Gasteiger charge is 2.13. The highest BCUT2D eigenvalue weighted by molar-refractivity contribution is 9.10. The Bertz CT molecular complexity index is 578. The van der Waals surface area contributed by atoms with E-state index in [0.717, 1.165) is 33.7 Å². The number of hydrogen-bond donors (Lipinski definition) is 1. The number of benzene rings is 1. The van der Waals surface area contributed by atoms with Crippen molar-refractivity contribution < 1.29 is 4.42 Å². The van der Waals surface area contributed by atoms with Crippen molar-refractivity contribution in [1.82, 2.24) is 4.98 Å². The number of halogens is 1. The Morgan fingerprint density at radius 1 is 1.40 bits per heavy atom. The maximum Gasteiger partial charge on any atom is 0.261 e. The van der Waals surface area contributed by atoms with Gasteiger partial charge in [0.25, 0.3) is 5.22 Å². The molecule has 0 amide bonds. The van der Waals surface area contributed by atoms with Crippen molar-refractivity contribution in [3.05, 3.63) is 39.7 Å². The van der Waals surface area contributed by atoms with Gasteiger partial charge >= 0.3 is 0 Å². The standard InChI is InChI=1S/C15H19BrN2OS/c1-4-13(17)7-11-5-6-12(16)8-14(11)20-15-18-9(2)10(3)19-15/h5-6,8,13H,4,7,17H2,1-3H3. The average molecular weight is 355 g/mol. The first-order valence-corrected chi connectivity index (χ1v) is 8.26. The molecule has 1 unspecified atom stereocenters. The van der Waals surface area contributed by atoms with Crippen LogP contribution in [0.2, 0.25) is 0 Å². The molecule has 5 heteroatoms. The number of oxazole rings is 1. The Hall–Kier alpha value is -0.780. The highest BCUT2D eigenvalue weighted by atomic mass is 79.9. The summed E-state index contributed by atoms with van der Waals surface area (Å²) in [5.41, 5.74) is 8.25. The van der Waals surface area contributed by atoms with Crippen LogP contribution in [0.15, 0.2) is 37.2 Å². The van der Waals surface area contributed by atoms with Gasteiger partial charge in [0.2, 0.25) is 0 Å². The summed E-state index contributed by atoms with van der Waals surface area (Å²) in [5.74, 6) is 0.870. The summed E-state index contributed by atoms with van der Waals surface area (Å²) in [6, 6.07) is 6.44. The summed E-state index contributed by atoms with van der Waals surface area (Å²) in [5, 5.41) is 0.685. The average Bonchev–Trinajstić information content (AvgIpc) is 2.71. The van der Waals surface area contributed by atoms with E-state index in [1.807, 2.05) is 19.9 Å². The van der Waals surface area contributed by atoms with E-state index in [4.69, 9.17) is 10.2 Å². The lowest BCUT2D eigenvalue weighted by Crippen LogP contribution is -2.21. The van der Waals surface area contributed by atoms with Gasteiger partial charge in [0.15, 0.2) is 0 Å². The van der Waals surface area contributed by atoms with Gasteiger partial charge in [-0.25, -0.2) is 4.98 Å². The molecule has 1 aromatic carbocycles. The molecule has 0 fully saturated rings. The molecule has 3 nitrogen and oxygen atoms in total. The van der Waals surface area contributed by atoms with E-state index in [1.54, 1.807) is 11.8 Å². The topological polar surface area (TPSA) is 52.0 Å². The summed E-state index contributed by atoms with van der Waals surface area (Å²) < 4.78 is 6.70. The minimum atomic E-state index is 0.184. The Labute approximate surface area is 132 Å². The molecular weight excluding hydrogens is 336 g/mol. The van der Waals surface area contributed by atoms with Crippen LogP contribution >= 0.6 is 27.7 Å². The molecule has 1 atom stereocenters. The third-order valence-corrected chi connectivity index (χ3v) is 4.68. The van der Waals surface area contributed by atoms with Crippen LogP contribution in [-0.2, 0) is 6.42 Å². The Balaban J connectivity index is 2.26. The predicted octanol–water partition coefficient (Wildman–Crippen LogP) is 4.48. The molecule has 0 radical (unpaired) electrons. The number of aromatic nitrogens is 1. The molecule has 1 heterocycles. The Morgan fingerprint density at radius 3 is 2.75 bits per heavy atom. The molecule has 0 aliphatic carbocycles. The number of aryl methyl sites for hydroxylation is 2. The van der Waals surface area contributed by atoms with Crippen molar-refractivity contribution in [3.63, 3.8) is 0 Å². The second-order valence-electron chi connectivity index (χ2n) is 4.85. The first-order chi connectivity index (χ1) is 9.49. The van der Waals surface area contributed by atoms with Gasteiger partial charge in [0, 0.05) is 15.4 Å². The van der Waals surface area contributed by atoms with Gasteiger partial charge in [-0.2, -0.15) is 0 Å². The third-order valence-electron chi connectivity index (χ3n) is 3.24. The molecule has 1 aromatic heterocycles. The highest BCUT2D eigenvalue weighted by Crippen LogP contribution is 2.33. The smallest absolute Gasteiger partial charge is 0.261 e. The third kappa shape index (κ3) is 3.87. The lowest BCUT2D eigenvalue weighted by atomic mass is 10.1. The van der Waals surface area contributed by atoms with E-state index in [2.05, 4.69) is 40.0 Å². The lowest BCUT2D eigenvalue weighted by molar-refractivity contribution is 0.431. The van der Waals surface area contributed by atoms with E-state index in [0.29, 0.717) is 5.22 Å². The molecule has 2 N–H and O–H groups in total. The maximum atomic E-state index is 6.07. The zero-order chi connectivity index (χ0) is 14.7. The van der Waals surface area contributed by atoms with E-state index in [1.165, 1.54) is 5.56 Å². The van der Waals surface area contributed by atoms with Crippen LogP contribution in [0.25, 0.3) is 0 Å². The number of rotatable bonds is 5. The van der Waals surface area contributed by atoms with Gasteiger partial charge in [0.05, 0.1) is 5.69 Å². The second kappa shape index (κ2) is 6.78. The Kier molecular flexibility index (Phi) is 5.29. The first kappa shape index (κ1) is 15.6. The summed E-state index contributed by atoms with van der Waals surface area (Å²) >= 11 is 5.07. The van der Waals surface area contributed by atoms with Gasteiger partial charge in [0.1, 0.15) is 5.76 Å². The van der Waals surface area contributed by atoms with Crippen molar-refractivity contribution in [2.75, 3.05) is 0 Å². The molecule has 0 aliphatic heterocycles. The van der Waals surface area contributed by atoms with Gasteiger partial charge in [-0.15, -0.1) is 0 Å². The van der Waals surface area contributed by atoms with Crippen molar-refractivity contribution in [3.8, 4) is 0 Å².